The number of ether oxygens (including phenoxy) is 1. The van der Waals surface area contributed by atoms with E-state index in [2.05, 4.69) is 15.4 Å². The quantitative estimate of drug-likeness (QED) is 0.583. The number of carbonyl (C=O) groups excluding carboxylic acids is 3. The molecule has 2 aliphatic carbocycles. The molecule has 3 fully saturated rings. The van der Waals surface area contributed by atoms with Gasteiger partial charge >= 0.3 is 18.4 Å². The largest absolute Gasteiger partial charge is 0.573 e. The van der Waals surface area contributed by atoms with Crippen LogP contribution >= 0.6 is 0 Å². The van der Waals surface area contributed by atoms with Crippen molar-refractivity contribution in [2.45, 2.75) is 69.9 Å². The van der Waals surface area contributed by atoms with E-state index in [-0.39, 0.29) is 36.0 Å². The van der Waals surface area contributed by atoms with Crippen LogP contribution in [0.5, 0.6) is 5.75 Å². The lowest BCUT2D eigenvalue weighted by molar-refractivity contribution is -0.274. The van der Waals surface area contributed by atoms with Crippen LogP contribution in [0.15, 0.2) is 18.2 Å². The van der Waals surface area contributed by atoms with Gasteiger partial charge in [0.15, 0.2) is 0 Å². The van der Waals surface area contributed by atoms with E-state index < -0.39 is 29.4 Å². The number of likely N-dealkylation sites (tertiary alicyclic amines) is 1. The fourth-order valence-electron chi connectivity index (χ4n) is 5.53. The Morgan fingerprint density at radius 2 is 2.00 bits per heavy atom. The van der Waals surface area contributed by atoms with Gasteiger partial charge in [0.25, 0.3) is 0 Å². The van der Waals surface area contributed by atoms with E-state index in [0.717, 1.165) is 37.8 Å². The van der Waals surface area contributed by atoms with E-state index >= 15 is 0 Å². The van der Waals surface area contributed by atoms with Gasteiger partial charge in [0.2, 0.25) is 0 Å². The fourth-order valence-corrected chi connectivity index (χ4v) is 5.53. The highest BCUT2D eigenvalue weighted by molar-refractivity contribution is 5.80. The predicted molar refractivity (Wildman–Crippen MR) is 121 cm³/mol. The summed E-state index contributed by atoms with van der Waals surface area (Å²) in [6.45, 7) is 0.541. The molecule has 4 rings (SSSR count). The first-order chi connectivity index (χ1) is 17.0. The molecule has 198 valence electrons. The number of Topliss-reactive ketones (excluding diaryl/α,β-unsaturated/α-hetero) is 1. The number of amides is 4. The third-order valence-corrected chi connectivity index (χ3v) is 7.12. The van der Waals surface area contributed by atoms with Crippen LogP contribution in [0.4, 0.5) is 27.2 Å². The average Bonchev–Trinajstić information content (AvgIpc) is 3.61. The molecule has 0 aromatic heterocycles. The highest BCUT2D eigenvalue weighted by Crippen LogP contribution is 2.44. The zero-order valence-corrected chi connectivity index (χ0v) is 20.0. The van der Waals surface area contributed by atoms with Crippen molar-refractivity contribution < 1.29 is 36.7 Å². The highest BCUT2D eigenvalue weighted by atomic mass is 19.4. The number of piperidine rings is 1. The minimum Gasteiger partial charge on any atom is -0.406 e. The van der Waals surface area contributed by atoms with Gasteiger partial charge < -0.3 is 25.2 Å². The number of nitrogens with one attached hydrogen (secondary N) is 2. The lowest BCUT2D eigenvalue weighted by atomic mass is 9.67. The molecule has 2 unspecified atom stereocenters. The van der Waals surface area contributed by atoms with Crippen molar-refractivity contribution in [3.8, 4) is 5.75 Å². The van der Waals surface area contributed by atoms with Crippen molar-refractivity contribution in [2.75, 3.05) is 20.1 Å². The second kappa shape index (κ2) is 10.1. The lowest BCUT2D eigenvalue weighted by Crippen LogP contribution is -2.61. The molecule has 2 atom stereocenters. The van der Waals surface area contributed by atoms with Gasteiger partial charge in [-0.25, -0.2) is 14.0 Å². The number of carbonyl (C=O) groups is 3. The van der Waals surface area contributed by atoms with Crippen LogP contribution in [0.2, 0.25) is 0 Å². The molecule has 1 saturated heterocycles. The number of hydrogen-bond donors (Lipinski definition) is 2. The van der Waals surface area contributed by atoms with Crippen LogP contribution in [0.3, 0.4) is 0 Å². The molecule has 2 N–H and O–H groups in total. The van der Waals surface area contributed by atoms with E-state index in [9.17, 15) is 31.9 Å². The van der Waals surface area contributed by atoms with Crippen LogP contribution in [0, 0.1) is 11.2 Å². The van der Waals surface area contributed by atoms with Gasteiger partial charge in [0, 0.05) is 57.2 Å². The third kappa shape index (κ3) is 6.19. The third-order valence-electron chi connectivity index (χ3n) is 7.12. The number of halogens is 4. The topological polar surface area (TPSA) is 91.0 Å². The predicted octanol–water partition coefficient (Wildman–Crippen LogP) is 3.94. The number of benzene rings is 1. The van der Waals surface area contributed by atoms with Crippen molar-refractivity contribution in [2.24, 2.45) is 5.41 Å². The van der Waals surface area contributed by atoms with Crippen LogP contribution in [-0.4, -0.2) is 66.2 Å². The number of urea groups is 2. The van der Waals surface area contributed by atoms with E-state index in [1.807, 2.05) is 0 Å². The van der Waals surface area contributed by atoms with Crippen molar-refractivity contribution in [3.63, 3.8) is 0 Å². The molecular formula is C24H30F4N4O4. The van der Waals surface area contributed by atoms with Crippen LogP contribution in [-0.2, 0) is 11.3 Å². The minimum atomic E-state index is -4.93. The summed E-state index contributed by atoms with van der Waals surface area (Å²) in [5.41, 5.74) is -0.378. The molecule has 1 aliphatic heterocycles. The zero-order chi connectivity index (χ0) is 26.1. The standard InChI is InChI=1S/C24H30F4N4O4/c1-29-21(34)31-13-17(10-23(14-31)8-2-3-18(33)11-23)32(16-5-6-16)22(35)30-12-15-4-7-19(9-20(15)25)36-24(26,27)28/h4,7,9,16-17H,2-3,5-6,8,10-14H2,1H3,(H,29,34)(H,30,35). The Morgan fingerprint density at radius 1 is 1.25 bits per heavy atom. The van der Waals surface area contributed by atoms with Crippen molar-refractivity contribution in [1.82, 2.24) is 20.4 Å². The summed E-state index contributed by atoms with van der Waals surface area (Å²) < 4.78 is 55.2. The maximum atomic E-state index is 14.4. The van der Waals surface area contributed by atoms with E-state index in [1.54, 1.807) is 9.80 Å². The maximum Gasteiger partial charge on any atom is 0.573 e. The minimum absolute atomic E-state index is 0.0126. The van der Waals surface area contributed by atoms with E-state index in [4.69, 9.17) is 0 Å². The second-order valence-electron chi connectivity index (χ2n) is 9.96. The normalized spacial score (nSPS) is 24.4. The first-order valence-electron chi connectivity index (χ1n) is 12.1. The first-order valence-corrected chi connectivity index (χ1v) is 12.1. The first kappa shape index (κ1) is 26.0. The monoisotopic (exact) mass is 514 g/mol. The second-order valence-corrected chi connectivity index (χ2v) is 9.96. The van der Waals surface area contributed by atoms with Crippen molar-refractivity contribution in [3.05, 3.63) is 29.6 Å². The Hall–Kier alpha value is -3.05. The Morgan fingerprint density at radius 3 is 2.61 bits per heavy atom. The average molecular weight is 515 g/mol. The van der Waals surface area contributed by atoms with Gasteiger partial charge in [-0.3, -0.25) is 4.79 Å². The summed E-state index contributed by atoms with van der Waals surface area (Å²) in [5, 5.41) is 5.32. The van der Waals surface area contributed by atoms with Gasteiger partial charge in [-0.15, -0.1) is 13.2 Å². The molecule has 36 heavy (non-hydrogen) atoms. The number of nitrogens with zero attached hydrogens (tertiary/aromatic N) is 2. The Bertz CT molecular complexity index is 1020. The fraction of sp³-hybridized carbons (Fsp3) is 0.625. The Balaban J connectivity index is 1.48. The summed E-state index contributed by atoms with van der Waals surface area (Å²) in [7, 11) is 1.54. The Labute approximate surface area is 206 Å². The molecule has 1 aromatic rings. The van der Waals surface area contributed by atoms with Gasteiger partial charge in [0.05, 0.1) is 6.04 Å². The summed E-state index contributed by atoms with van der Waals surface area (Å²) in [5.74, 6) is -1.45. The van der Waals surface area contributed by atoms with Gasteiger partial charge in [0.1, 0.15) is 17.3 Å². The van der Waals surface area contributed by atoms with Crippen molar-refractivity contribution in [1.29, 1.82) is 0 Å². The van der Waals surface area contributed by atoms with Crippen molar-refractivity contribution >= 4 is 17.8 Å². The SMILES string of the molecule is CNC(=O)N1CC(N(C(=O)NCc2ccc(OC(F)(F)F)cc2F)C2CC2)CC2(CCCC(=O)C2)C1. The molecule has 1 spiro atoms. The smallest absolute Gasteiger partial charge is 0.406 e. The number of rotatable bonds is 5. The number of hydrogen-bond acceptors (Lipinski definition) is 4. The molecule has 8 nitrogen and oxygen atoms in total. The molecule has 1 aromatic carbocycles. The summed E-state index contributed by atoms with van der Waals surface area (Å²) in [6, 6.07) is 1.70. The van der Waals surface area contributed by atoms with Gasteiger partial charge in [-0.05, 0) is 43.6 Å². The highest BCUT2D eigenvalue weighted by Gasteiger charge is 2.48. The number of alkyl halides is 3. The van der Waals surface area contributed by atoms with Crippen LogP contribution < -0.4 is 15.4 Å². The molecule has 0 bridgehead atoms. The molecule has 2 saturated carbocycles. The van der Waals surface area contributed by atoms with E-state index in [1.165, 1.54) is 7.05 Å². The maximum absolute atomic E-state index is 14.4. The molecular weight excluding hydrogens is 484 g/mol. The zero-order valence-electron chi connectivity index (χ0n) is 20.0. The lowest BCUT2D eigenvalue weighted by Gasteiger charge is -2.50. The molecule has 0 radical (unpaired) electrons. The Kier molecular flexibility index (Phi) is 7.33. The van der Waals surface area contributed by atoms with E-state index in [0.29, 0.717) is 38.4 Å². The van der Waals surface area contributed by atoms with Crippen LogP contribution in [0.25, 0.3) is 0 Å². The van der Waals surface area contributed by atoms with Gasteiger partial charge in [-0.1, -0.05) is 6.07 Å². The molecule has 3 aliphatic rings. The van der Waals surface area contributed by atoms with Crippen LogP contribution in [0.1, 0.15) is 50.5 Å². The summed E-state index contributed by atoms with van der Waals surface area (Å²) in [6.07, 6.45) is -0.312. The number of ketones is 1. The molecule has 4 amide bonds. The van der Waals surface area contributed by atoms with Gasteiger partial charge in [-0.2, -0.15) is 0 Å². The molecule has 12 heteroatoms. The molecule has 1 heterocycles. The summed E-state index contributed by atoms with van der Waals surface area (Å²) >= 11 is 0. The summed E-state index contributed by atoms with van der Waals surface area (Å²) in [4.78, 5) is 41.5.